The van der Waals surface area contributed by atoms with Gasteiger partial charge >= 0.3 is 0 Å². The molecule has 0 radical (unpaired) electrons. The summed E-state index contributed by atoms with van der Waals surface area (Å²) >= 11 is 0. The molecule has 254 valence electrons. The molecule has 0 fully saturated rings. The highest BCUT2D eigenvalue weighted by Gasteiger charge is 2.31. The van der Waals surface area contributed by atoms with Crippen LogP contribution in [-0.2, 0) is 37.0 Å². The van der Waals surface area contributed by atoms with Gasteiger partial charge in [-0.15, -0.1) is 0 Å². The van der Waals surface area contributed by atoms with Crippen molar-refractivity contribution in [2.45, 2.75) is 39.1 Å². The van der Waals surface area contributed by atoms with Crippen LogP contribution in [0.4, 0.5) is 17.6 Å². The minimum Gasteiger partial charge on any atom is -0.497 e. The zero-order valence-electron chi connectivity index (χ0n) is 28.7. The number of hydrogen-bond acceptors (Lipinski definition) is 10. The third kappa shape index (κ3) is 6.51. The minimum absolute atomic E-state index is 0.371. The Morgan fingerprint density at radius 3 is 2.22 bits per heavy atom. The lowest BCUT2D eigenvalue weighted by atomic mass is 10.0. The van der Waals surface area contributed by atoms with E-state index in [-0.39, 0.29) is 0 Å². The summed E-state index contributed by atoms with van der Waals surface area (Å²) in [6.07, 6.45) is 1.72. The molecule has 50 heavy (non-hydrogen) atoms. The average Bonchev–Trinajstić information content (AvgIpc) is 3.69. The van der Waals surface area contributed by atoms with Gasteiger partial charge in [0.1, 0.15) is 46.0 Å². The lowest BCUT2D eigenvalue weighted by Gasteiger charge is -2.30. The van der Waals surface area contributed by atoms with E-state index in [4.69, 9.17) is 34.0 Å². The predicted octanol–water partition coefficient (Wildman–Crippen LogP) is 7.06. The van der Waals surface area contributed by atoms with Gasteiger partial charge in [0.05, 0.1) is 44.1 Å². The SMILES string of the molecule is COc1ccc(CN(Cc2ccc(OC)cc2)c2cc(Oc3ccc4nc(Nc5cc6n(n5)CCOC6(C)C)n(C)c4c3C#N)ccn2)cc1. The Kier molecular flexibility index (Phi) is 8.74. The van der Waals surface area contributed by atoms with Crippen molar-refractivity contribution in [1.29, 1.82) is 5.26 Å². The Morgan fingerprint density at radius 2 is 1.60 bits per heavy atom. The topological polar surface area (TPSA) is 125 Å². The highest BCUT2D eigenvalue weighted by atomic mass is 16.5. The average molecular weight is 671 g/mol. The molecule has 1 aliphatic heterocycles. The Hall–Kier alpha value is -6.06. The number of nitriles is 1. The first-order chi connectivity index (χ1) is 24.2. The number of rotatable bonds is 11. The molecule has 1 aliphatic rings. The summed E-state index contributed by atoms with van der Waals surface area (Å²) in [7, 11) is 5.18. The lowest BCUT2D eigenvalue weighted by Crippen LogP contribution is -2.33. The van der Waals surface area contributed by atoms with E-state index in [1.54, 1.807) is 32.5 Å². The first-order valence-corrected chi connectivity index (χ1v) is 16.3. The van der Waals surface area contributed by atoms with E-state index in [1.807, 2.05) is 96.9 Å². The van der Waals surface area contributed by atoms with Gasteiger partial charge in [0.25, 0.3) is 0 Å². The lowest BCUT2D eigenvalue weighted by molar-refractivity contribution is -0.0532. The molecule has 4 heterocycles. The standard InChI is InChI=1S/C38H38N8O4/c1-38(2)33-21-34(43-46(33)18-19-49-38)42-37-41-31-14-15-32(30(22-39)36(31)44(37)3)50-29-16-17-40-35(20-29)45(23-25-6-10-27(47-4)11-7-25)24-26-8-12-28(48-5)13-9-26/h6-17,20-21H,18-19,23-24H2,1-5H3,(H,41,42,43). The van der Waals surface area contributed by atoms with E-state index < -0.39 is 5.60 Å². The van der Waals surface area contributed by atoms with Gasteiger partial charge in [-0.25, -0.2) is 9.97 Å². The quantitative estimate of drug-likeness (QED) is 0.153. The number of nitrogens with zero attached hydrogens (tertiary/aromatic N) is 7. The van der Waals surface area contributed by atoms with Gasteiger partial charge in [0.2, 0.25) is 5.95 Å². The van der Waals surface area contributed by atoms with Crippen LogP contribution in [-0.4, -0.2) is 45.1 Å². The summed E-state index contributed by atoms with van der Waals surface area (Å²) in [5.74, 6) is 4.49. The number of anilines is 3. The number of fused-ring (bicyclic) bond motifs is 2. The molecular weight excluding hydrogens is 632 g/mol. The number of imidazole rings is 1. The molecule has 0 saturated carbocycles. The summed E-state index contributed by atoms with van der Waals surface area (Å²) in [6.45, 7) is 6.53. The van der Waals surface area contributed by atoms with E-state index in [0.29, 0.717) is 66.1 Å². The Morgan fingerprint density at radius 1 is 0.920 bits per heavy atom. The molecule has 1 N–H and O–H groups in total. The fraction of sp³-hybridized carbons (Fsp3) is 0.263. The monoisotopic (exact) mass is 670 g/mol. The third-order valence-electron chi connectivity index (χ3n) is 8.85. The van der Waals surface area contributed by atoms with E-state index in [2.05, 4.69) is 16.3 Å². The van der Waals surface area contributed by atoms with Crippen molar-refractivity contribution in [1.82, 2.24) is 24.3 Å². The highest BCUT2D eigenvalue weighted by Crippen LogP contribution is 2.35. The van der Waals surface area contributed by atoms with Crippen LogP contribution in [0.15, 0.2) is 85.1 Å². The molecule has 7 rings (SSSR count). The predicted molar refractivity (Wildman–Crippen MR) is 190 cm³/mol. The molecule has 0 aliphatic carbocycles. The molecule has 3 aromatic carbocycles. The molecule has 0 bridgehead atoms. The fourth-order valence-corrected chi connectivity index (χ4v) is 6.18. The first-order valence-electron chi connectivity index (χ1n) is 16.3. The van der Waals surface area contributed by atoms with Crippen molar-refractivity contribution in [2.75, 3.05) is 31.0 Å². The molecule has 0 spiro atoms. The van der Waals surface area contributed by atoms with Gasteiger partial charge in [-0.3, -0.25) is 4.68 Å². The number of aryl methyl sites for hydroxylation is 1. The van der Waals surface area contributed by atoms with Gasteiger partial charge in [0.15, 0.2) is 5.82 Å². The van der Waals surface area contributed by atoms with Crippen molar-refractivity contribution in [2.24, 2.45) is 7.05 Å². The van der Waals surface area contributed by atoms with Gasteiger partial charge in [0, 0.05) is 38.5 Å². The number of aromatic nitrogens is 5. The van der Waals surface area contributed by atoms with Crippen molar-refractivity contribution >= 4 is 28.6 Å². The maximum absolute atomic E-state index is 10.4. The maximum atomic E-state index is 10.4. The third-order valence-corrected chi connectivity index (χ3v) is 8.85. The van der Waals surface area contributed by atoms with E-state index in [0.717, 1.165) is 34.1 Å². The molecule has 12 heteroatoms. The van der Waals surface area contributed by atoms with Crippen molar-refractivity contribution < 1.29 is 18.9 Å². The second kappa shape index (κ2) is 13.4. The van der Waals surface area contributed by atoms with Crippen LogP contribution in [0.5, 0.6) is 23.0 Å². The first kappa shape index (κ1) is 32.5. The maximum Gasteiger partial charge on any atom is 0.209 e. The number of ether oxygens (including phenoxy) is 4. The van der Waals surface area contributed by atoms with Gasteiger partial charge in [-0.05, 0) is 67.4 Å². The summed E-state index contributed by atoms with van der Waals surface area (Å²) in [5, 5.41) is 18.4. The molecule has 3 aromatic heterocycles. The van der Waals surface area contributed by atoms with Crippen molar-refractivity contribution in [3.05, 3.63) is 107 Å². The Balaban J connectivity index is 1.17. The van der Waals surface area contributed by atoms with Crippen molar-refractivity contribution in [3.8, 4) is 29.1 Å². The zero-order chi connectivity index (χ0) is 34.8. The highest BCUT2D eigenvalue weighted by molar-refractivity contribution is 5.87. The molecule has 0 saturated heterocycles. The summed E-state index contributed by atoms with van der Waals surface area (Å²) in [5.41, 5.74) is 4.42. The summed E-state index contributed by atoms with van der Waals surface area (Å²) in [6, 6.07) is 27.6. The fourth-order valence-electron chi connectivity index (χ4n) is 6.18. The van der Waals surface area contributed by atoms with E-state index in [9.17, 15) is 5.26 Å². The number of hydrogen-bond donors (Lipinski definition) is 1. The van der Waals surface area contributed by atoms with Crippen LogP contribution in [0.1, 0.15) is 36.2 Å². The smallest absolute Gasteiger partial charge is 0.209 e. The van der Waals surface area contributed by atoms with E-state index in [1.165, 1.54) is 0 Å². The summed E-state index contributed by atoms with van der Waals surface area (Å²) in [4.78, 5) is 11.7. The van der Waals surface area contributed by atoms with Crippen molar-refractivity contribution in [3.63, 3.8) is 0 Å². The van der Waals surface area contributed by atoms with Crippen LogP contribution in [0.3, 0.4) is 0 Å². The molecular formula is C38H38N8O4. The normalized spacial score (nSPS) is 13.4. The zero-order valence-corrected chi connectivity index (χ0v) is 28.7. The number of benzene rings is 3. The minimum atomic E-state index is -0.438. The molecule has 12 nitrogen and oxygen atoms in total. The van der Waals surface area contributed by atoms with Gasteiger partial charge in [-0.1, -0.05) is 24.3 Å². The van der Waals surface area contributed by atoms with Crippen LogP contribution in [0.25, 0.3) is 11.0 Å². The number of pyridine rings is 1. The Bertz CT molecular complexity index is 2130. The molecule has 6 aromatic rings. The van der Waals surface area contributed by atoms with Crippen LogP contribution >= 0.6 is 0 Å². The summed E-state index contributed by atoms with van der Waals surface area (Å²) < 4.78 is 26.9. The molecule has 0 amide bonds. The largest absolute Gasteiger partial charge is 0.497 e. The number of nitrogens with one attached hydrogen (secondary N) is 1. The molecule has 0 atom stereocenters. The second-order valence-corrected chi connectivity index (χ2v) is 12.5. The second-order valence-electron chi connectivity index (χ2n) is 12.5. The van der Waals surface area contributed by atoms with Crippen LogP contribution in [0.2, 0.25) is 0 Å². The van der Waals surface area contributed by atoms with E-state index >= 15 is 0 Å². The Labute approximate surface area is 290 Å². The van der Waals surface area contributed by atoms with Gasteiger partial charge in [-0.2, -0.15) is 10.4 Å². The van der Waals surface area contributed by atoms with Gasteiger partial charge < -0.3 is 33.7 Å². The number of methoxy groups -OCH3 is 2. The molecule has 0 unspecified atom stereocenters. The van der Waals surface area contributed by atoms with Crippen LogP contribution in [0, 0.1) is 11.3 Å². The van der Waals surface area contributed by atoms with Crippen LogP contribution < -0.4 is 24.4 Å².